The van der Waals surface area contributed by atoms with Crippen LogP contribution in [0.1, 0.15) is 21.5 Å². The number of aryl methyl sites for hydroxylation is 1. The number of halogens is 2. The number of hydrogen-bond donors (Lipinski definition) is 2. The van der Waals surface area contributed by atoms with Gasteiger partial charge in [0.1, 0.15) is 5.75 Å². The first-order chi connectivity index (χ1) is 9.40. The molecular weight excluding hydrogens is 386 g/mol. The van der Waals surface area contributed by atoms with E-state index in [1.165, 1.54) is 0 Å². The molecule has 0 unspecified atom stereocenters. The molecule has 20 heavy (non-hydrogen) atoms. The van der Waals surface area contributed by atoms with Gasteiger partial charge in [-0.2, -0.15) is 0 Å². The summed E-state index contributed by atoms with van der Waals surface area (Å²) in [4.78, 5) is 12.3. The number of hydrogen-bond acceptors (Lipinski definition) is 2. The summed E-state index contributed by atoms with van der Waals surface area (Å²) >= 11 is 6.70. The SMILES string of the molecule is Cc1ccc(NC(=O)c2cc(Br)ccc2Br)c(C)c1O. The third-order valence-corrected chi connectivity index (χ3v) is 4.24. The Hall–Kier alpha value is -1.33. The minimum atomic E-state index is -0.232. The Kier molecular flexibility index (Phi) is 4.50. The normalized spacial score (nSPS) is 10.4. The Morgan fingerprint density at radius 3 is 2.55 bits per heavy atom. The first kappa shape index (κ1) is 15.1. The molecule has 0 aliphatic carbocycles. The van der Waals surface area contributed by atoms with Crippen LogP contribution >= 0.6 is 31.9 Å². The van der Waals surface area contributed by atoms with Crippen LogP contribution in [0.25, 0.3) is 0 Å². The molecule has 0 saturated carbocycles. The molecule has 104 valence electrons. The van der Waals surface area contributed by atoms with Crippen molar-refractivity contribution in [1.82, 2.24) is 0 Å². The lowest BCUT2D eigenvalue weighted by atomic mass is 10.1. The third-order valence-electron chi connectivity index (χ3n) is 3.05. The fourth-order valence-electron chi connectivity index (χ4n) is 1.83. The van der Waals surface area contributed by atoms with E-state index in [1.54, 1.807) is 31.2 Å². The molecule has 2 rings (SSSR count). The number of amides is 1. The van der Waals surface area contributed by atoms with Crippen LogP contribution in [-0.4, -0.2) is 11.0 Å². The summed E-state index contributed by atoms with van der Waals surface area (Å²) in [5.41, 5.74) is 2.57. The zero-order chi connectivity index (χ0) is 14.9. The molecule has 3 nitrogen and oxygen atoms in total. The molecule has 1 amide bonds. The maximum Gasteiger partial charge on any atom is 0.256 e. The average Bonchev–Trinajstić information content (AvgIpc) is 2.42. The van der Waals surface area contributed by atoms with Gasteiger partial charge < -0.3 is 10.4 Å². The molecule has 2 aromatic rings. The highest BCUT2D eigenvalue weighted by molar-refractivity contribution is 9.11. The lowest BCUT2D eigenvalue weighted by Gasteiger charge is -2.12. The van der Waals surface area contributed by atoms with Gasteiger partial charge in [-0.15, -0.1) is 0 Å². The van der Waals surface area contributed by atoms with Crippen molar-refractivity contribution in [1.29, 1.82) is 0 Å². The van der Waals surface area contributed by atoms with Gasteiger partial charge in [0.2, 0.25) is 0 Å². The van der Waals surface area contributed by atoms with Gasteiger partial charge in [-0.05, 0) is 59.6 Å². The molecule has 0 heterocycles. The Morgan fingerprint density at radius 1 is 1.15 bits per heavy atom. The van der Waals surface area contributed by atoms with Crippen LogP contribution in [0, 0.1) is 13.8 Å². The van der Waals surface area contributed by atoms with Crippen LogP contribution in [0.3, 0.4) is 0 Å². The summed E-state index contributed by atoms with van der Waals surface area (Å²) in [7, 11) is 0. The van der Waals surface area contributed by atoms with Crippen LogP contribution in [0.4, 0.5) is 5.69 Å². The molecule has 0 aliphatic heterocycles. The highest BCUT2D eigenvalue weighted by atomic mass is 79.9. The smallest absolute Gasteiger partial charge is 0.256 e. The minimum absolute atomic E-state index is 0.205. The van der Waals surface area contributed by atoms with Crippen molar-refractivity contribution in [2.75, 3.05) is 5.32 Å². The summed E-state index contributed by atoms with van der Waals surface area (Å²) in [6.45, 7) is 3.59. The summed E-state index contributed by atoms with van der Waals surface area (Å²) in [5, 5.41) is 12.7. The molecule has 0 bridgehead atoms. The van der Waals surface area contributed by atoms with Gasteiger partial charge >= 0.3 is 0 Å². The summed E-state index contributed by atoms with van der Waals surface area (Å²) < 4.78 is 1.54. The van der Waals surface area contributed by atoms with Crippen molar-refractivity contribution < 1.29 is 9.90 Å². The van der Waals surface area contributed by atoms with E-state index in [0.717, 1.165) is 10.0 Å². The maximum absolute atomic E-state index is 12.3. The fraction of sp³-hybridized carbons (Fsp3) is 0.133. The van der Waals surface area contributed by atoms with Gasteiger partial charge in [-0.3, -0.25) is 4.79 Å². The predicted molar refractivity (Wildman–Crippen MR) is 87.4 cm³/mol. The van der Waals surface area contributed by atoms with Crippen LogP contribution < -0.4 is 5.32 Å². The molecule has 2 aromatic carbocycles. The van der Waals surface area contributed by atoms with Gasteiger partial charge in [0, 0.05) is 20.2 Å². The largest absolute Gasteiger partial charge is 0.507 e. The van der Waals surface area contributed by atoms with Crippen molar-refractivity contribution in [3.05, 3.63) is 56.0 Å². The highest BCUT2D eigenvalue weighted by Gasteiger charge is 2.13. The number of aromatic hydroxyl groups is 1. The summed E-state index contributed by atoms with van der Waals surface area (Å²) in [6, 6.07) is 8.95. The van der Waals surface area contributed by atoms with Crippen molar-refractivity contribution in [2.24, 2.45) is 0 Å². The van der Waals surface area contributed by atoms with E-state index in [2.05, 4.69) is 37.2 Å². The molecule has 0 spiro atoms. The second kappa shape index (κ2) is 5.97. The van der Waals surface area contributed by atoms with Crippen LogP contribution in [0.15, 0.2) is 39.3 Å². The number of nitrogens with one attached hydrogen (secondary N) is 1. The Labute approximate surface area is 134 Å². The molecule has 0 radical (unpaired) electrons. The van der Waals surface area contributed by atoms with Crippen molar-refractivity contribution in [3.8, 4) is 5.75 Å². The van der Waals surface area contributed by atoms with Gasteiger partial charge in [0.15, 0.2) is 0 Å². The third kappa shape index (κ3) is 3.04. The van der Waals surface area contributed by atoms with Crippen molar-refractivity contribution in [3.63, 3.8) is 0 Å². The molecule has 0 fully saturated rings. The van der Waals surface area contributed by atoms with Gasteiger partial charge in [0.05, 0.1) is 5.56 Å². The number of anilines is 1. The maximum atomic E-state index is 12.3. The second-order valence-corrected chi connectivity index (χ2v) is 6.25. The molecule has 0 atom stereocenters. The standard InChI is InChI=1S/C15H13Br2NO2/c1-8-3-6-13(9(2)14(8)19)18-15(20)11-7-10(16)4-5-12(11)17/h3-7,19H,1-2H3,(H,18,20). The number of phenols is 1. The van der Waals surface area contributed by atoms with Gasteiger partial charge in [-0.1, -0.05) is 22.0 Å². The molecule has 0 aliphatic rings. The second-order valence-electron chi connectivity index (χ2n) is 4.48. The Bertz CT molecular complexity index is 684. The quantitative estimate of drug-likeness (QED) is 0.764. The number of rotatable bonds is 2. The molecule has 0 saturated heterocycles. The Morgan fingerprint density at radius 2 is 1.85 bits per heavy atom. The summed E-state index contributed by atoms with van der Waals surface area (Å²) in [5.74, 6) is -0.0272. The minimum Gasteiger partial charge on any atom is -0.507 e. The van der Waals surface area contributed by atoms with E-state index >= 15 is 0 Å². The fourth-order valence-corrected chi connectivity index (χ4v) is 2.62. The first-order valence-electron chi connectivity index (χ1n) is 5.95. The number of carbonyl (C=O) groups is 1. The van der Waals surface area contributed by atoms with Crippen molar-refractivity contribution in [2.45, 2.75) is 13.8 Å². The monoisotopic (exact) mass is 397 g/mol. The van der Waals surface area contributed by atoms with Crippen LogP contribution in [0.2, 0.25) is 0 Å². The van der Waals surface area contributed by atoms with E-state index in [-0.39, 0.29) is 11.7 Å². The van der Waals surface area contributed by atoms with E-state index in [9.17, 15) is 9.90 Å². The zero-order valence-corrected chi connectivity index (χ0v) is 14.2. The van der Waals surface area contributed by atoms with E-state index in [0.29, 0.717) is 21.3 Å². The van der Waals surface area contributed by atoms with Crippen molar-refractivity contribution >= 4 is 43.5 Å². The molecule has 5 heteroatoms. The molecular formula is C15H13Br2NO2. The number of benzene rings is 2. The predicted octanol–water partition coefficient (Wildman–Crippen LogP) is 4.79. The molecule has 0 aromatic heterocycles. The number of phenolic OH excluding ortho intramolecular Hbond substituents is 1. The zero-order valence-electron chi connectivity index (χ0n) is 11.0. The van der Waals surface area contributed by atoms with E-state index in [1.807, 2.05) is 13.0 Å². The lowest BCUT2D eigenvalue weighted by molar-refractivity contribution is 0.102. The summed E-state index contributed by atoms with van der Waals surface area (Å²) in [6.07, 6.45) is 0. The first-order valence-corrected chi connectivity index (χ1v) is 7.54. The van der Waals surface area contributed by atoms with E-state index < -0.39 is 0 Å². The topological polar surface area (TPSA) is 49.3 Å². The van der Waals surface area contributed by atoms with Gasteiger partial charge in [0.25, 0.3) is 5.91 Å². The van der Waals surface area contributed by atoms with Crippen LogP contribution in [0.5, 0.6) is 5.75 Å². The molecule has 2 N–H and O–H groups in total. The Balaban J connectivity index is 2.33. The van der Waals surface area contributed by atoms with E-state index in [4.69, 9.17) is 0 Å². The van der Waals surface area contributed by atoms with Crippen LogP contribution in [-0.2, 0) is 0 Å². The average molecular weight is 399 g/mol. The highest BCUT2D eigenvalue weighted by Crippen LogP contribution is 2.29. The van der Waals surface area contributed by atoms with Gasteiger partial charge in [-0.25, -0.2) is 0 Å². The lowest BCUT2D eigenvalue weighted by Crippen LogP contribution is -2.13. The number of carbonyl (C=O) groups excluding carboxylic acids is 1.